The zero-order chi connectivity index (χ0) is 28.7. The molecule has 212 valence electrons. The lowest BCUT2D eigenvalue weighted by Crippen LogP contribution is -2.36. The highest BCUT2D eigenvalue weighted by molar-refractivity contribution is 7.19. The molecular formula is C28H30N8O4S. The van der Waals surface area contributed by atoms with E-state index in [-0.39, 0.29) is 29.0 Å². The smallest absolute Gasteiger partial charge is 0.278 e. The van der Waals surface area contributed by atoms with Crippen LogP contribution in [0.15, 0.2) is 41.7 Å². The summed E-state index contributed by atoms with van der Waals surface area (Å²) in [5.41, 5.74) is 5.41. The lowest BCUT2D eigenvalue weighted by Gasteiger charge is -2.26. The van der Waals surface area contributed by atoms with E-state index in [0.29, 0.717) is 36.9 Å². The molecule has 4 aromatic heterocycles. The van der Waals surface area contributed by atoms with Crippen LogP contribution >= 0.6 is 11.3 Å². The number of amides is 2. The second-order valence-corrected chi connectivity index (χ2v) is 11.8. The number of pyridine rings is 1. The Bertz CT molecular complexity index is 1680. The molecule has 2 unspecified atom stereocenters. The summed E-state index contributed by atoms with van der Waals surface area (Å²) in [5.74, 6) is 0.315. The van der Waals surface area contributed by atoms with Gasteiger partial charge in [-0.2, -0.15) is 0 Å². The normalized spacial score (nSPS) is 21.9. The Morgan fingerprint density at radius 3 is 2.66 bits per heavy atom. The van der Waals surface area contributed by atoms with Crippen molar-refractivity contribution in [2.75, 3.05) is 11.1 Å². The summed E-state index contributed by atoms with van der Waals surface area (Å²) in [4.78, 5) is 57.7. The maximum atomic E-state index is 13.5. The molecule has 13 heteroatoms. The first-order valence-electron chi connectivity index (χ1n) is 13.6. The minimum Gasteiger partial charge on any atom is -0.392 e. The topological polar surface area (TPSA) is 178 Å². The number of aromatic nitrogens is 5. The van der Waals surface area contributed by atoms with Gasteiger partial charge in [0.1, 0.15) is 29.2 Å². The molecule has 5 N–H and O–H groups in total. The molecule has 5 heterocycles. The fraction of sp³-hybridized carbons (Fsp3) is 0.393. The summed E-state index contributed by atoms with van der Waals surface area (Å²) in [6, 6.07) is 2.99. The SMILES string of the molecule is C[C@@H]1C[C@@H](C(=O)NCc2cc3cnc(N)cc3s2)n2c1ncc(NC(=O)c1cnc(C3CCCCC3O)nc1)c2=O. The van der Waals surface area contributed by atoms with Crippen LogP contribution in [0.1, 0.15) is 83.8 Å². The van der Waals surface area contributed by atoms with E-state index in [4.69, 9.17) is 5.73 Å². The van der Waals surface area contributed by atoms with Gasteiger partial charge in [-0.25, -0.2) is 19.9 Å². The number of carbonyl (C=O) groups is 2. The van der Waals surface area contributed by atoms with Crippen molar-refractivity contribution in [3.63, 3.8) is 0 Å². The summed E-state index contributed by atoms with van der Waals surface area (Å²) in [7, 11) is 0. The standard InChI is InChI=1S/C28H30N8O4S/c1-14-6-20(27(39)34-12-17-7-15-9-30-23(29)8-22(15)41-17)36-25(14)33-13-19(28(36)40)35-26(38)16-10-31-24(32-11-16)18-4-2-3-5-21(18)37/h7-11,13-14,18,20-21,37H,2-6,12H2,1H3,(H2,29,30)(H,34,39)(H,35,38)/t14-,18?,20+,21?/m1/s1. The van der Waals surface area contributed by atoms with Crippen LogP contribution in [-0.4, -0.2) is 47.5 Å². The van der Waals surface area contributed by atoms with E-state index in [2.05, 4.69) is 30.6 Å². The molecule has 41 heavy (non-hydrogen) atoms. The van der Waals surface area contributed by atoms with E-state index in [0.717, 1.165) is 34.2 Å². The van der Waals surface area contributed by atoms with Crippen LogP contribution in [0.4, 0.5) is 11.5 Å². The number of hydrogen-bond donors (Lipinski definition) is 4. The molecule has 1 saturated carbocycles. The Labute approximate surface area is 239 Å². The Hall–Kier alpha value is -4.23. The Morgan fingerprint density at radius 2 is 1.88 bits per heavy atom. The van der Waals surface area contributed by atoms with E-state index >= 15 is 0 Å². The molecule has 0 aromatic carbocycles. The predicted octanol–water partition coefficient (Wildman–Crippen LogP) is 2.86. The number of nitrogen functional groups attached to an aromatic ring is 1. The fourth-order valence-corrected chi connectivity index (χ4v) is 6.66. The molecule has 2 amide bonds. The van der Waals surface area contributed by atoms with Crippen LogP contribution in [0.5, 0.6) is 0 Å². The molecule has 12 nitrogen and oxygen atoms in total. The molecule has 0 saturated heterocycles. The molecule has 0 spiro atoms. The van der Waals surface area contributed by atoms with Crippen LogP contribution in [0.3, 0.4) is 0 Å². The minimum absolute atomic E-state index is 0.0352. The maximum absolute atomic E-state index is 13.5. The van der Waals surface area contributed by atoms with Crippen LogP contribution in [0.25, 0.3) is 10.1 Å². The zero-order valence-electron chi connectivity index (χ0n) is 22.4. The van der Waals surface area contributed by atoms with Gasteiger partial charge < -0.3 is 21.5 Å². The average molecular weight is 575 g/mol. The second-order valence-electron chi connectivity index (χ2n) is 10.7. The van der Waals surface area contributed by atoms with E-state index in [1.165, 1.54) is 34.5 Å². The summed E-state index contributed by atoms with van der Waals surface area (Å²) in [5, 5.41) is 16.8. The molecule has 1 fully saturated rings. The molecule has 0 radical (unpaired) electrons. The number of hydrogen-bond acceptors (Lipinski definition) is 10. The van der Waals surface area contributed by atoms with Gasteiger partial charge in [0.15, 0.2) is 0 Å². The molecule has 6 rings (SSSR count). The van der Waals surface area contributed by atoms with E-state index in [9.17, 15) is 19.5 Å². The van der Waals surface area contributed by atoms with Gasteiger partial charge >= 0.3 is 0 Å². The Kier molecular flexibility index (Phi) is 7.22. The largest absolute Gasteiger partial charge is 0.392 e. The third-order valence-corrected chi connectivity index (χ3v) is 8.91. The third-order valence-electron chi connectivity index (χ3n) is 7.81. The quantitative estimate of drug-likeness (QED) is 0.269. The van der Waals surface area contributed by atoms with Gasteiger partial charge in [0.2, 0.25) is 5.91 Å². The van der Waals surface area contributed by atoms with Gasteiger partial charge in [-0.15, -0.1) is 11.3 Å². The van der Waals surface area contributed by atoms with Gasteiger partial charge in [-0.1, -0.05) is 19.8 Å². The number of nitrogens with one attached hydrogen (secondary N) is 2. The van der Waals surface area contributed by atoms with Crippen molar-refractivity contribution in [2.24, 2.45) is 0 Å². The summed E-state index contributed by atoms with van der Waals surface area (Å²) in [6.07, 6.45) is 9.23. The van der Waals surface area contributed by atoms with Crippen molar-refractivity contribution in [3.05, 3.63) is 69.4 Å². The number of rotatable bonds is 6. The monoisotopic (exact) mass is 574 g/mol. The number of fused-ring (bicyclic) bond motifs is 2. The first kappa shape index (κ1) is 27.0. The van der Waals surface area contributed by atoms with Crippen LogP contribution in [0.2, 0.25) is 0 Å². The minimum atomic E-state index is -0.756. The number of carbonyl (C=O) groups excluding carboxylic acids is 2. The molecule has 4 atom stereocenters. The van der Waals surface area contributed by atoms with Gasteiger partial charge in [0.25, 0.3) is 11.5 Å². The van der Waals surface area contributed by atoms with Crippen molar-refractivity contribution in [1.29, 1.82) is 0 Å². The van der Waals surface area contributed by atoms with E-state index in [1.807, 2.05) is 13.0 Å². The lowest BCUT2D eigenvalue weighted by atomic mass is 9.86. The summed E-state index contributed by atoms with van der Waals surface area (Å²) in [6.45, 7) is 2.21. The molecule has 4 aromatic rings. The van der Waals surface area contributed by atoms with Crippen LogP contribution < -0.4 is 21.9 Å². The molecule has 1 aliphatic carbocycles. The molecule has 0 bridgehead atoms. The lowest BCUT2D eigenvalue weighted by molar-refractivity contribution is -0.124. The fourth-order valence-electron chi connectivity index (χ4n) is 5.64. The van der Waals surface area contributed by atoms with E-state index in [1.54, 1.807) is 12.3 Å². The van der Waals surface area contributed by atoms with Crippen molar-refractivity contribution < 1.29 is 14.7 Å². The van der Waals surface area contributed by atoms with Crippen molar-refractivity contribution in [1.82, 2.24) is 29.8 Å². The summed E-state index contributed by atoms with van der Waals surface area (Å²) >= 11 is 1.52. The average Bonchev–Trinajstić information content (AvgIpc) is 3.54. The van der Waals surface area contributed by atoms with Crippen molar-refractivity contribution in [2.45, 2.75) is 69.6 Å². The number of aliphatic hydroxyl groups excluding tert-OH is 1. The molecule has 1 aliphatic heterocycles. The number of aliphatic hydroxyl groups is 1. The third kappa shape index (κ3) is 5.30. The Morgan fingerprint density at radius 1 is 1.10 bits per heavy atom. The van der Waals surface area contributed by atoms with Gasteiger partial charge in [-0.05, 0) is 31.4 Å². The Balaban J connectivity index is 1.16. The number of nitrogens with two attached hydrogens (primary N) is 1. The number of nitrogens with zero attached hydrogens (tertiary/aromatic N) is 5. The number of anilines is 2. The van der Waals surface area contributed by atoms with Gasteiger partial charge in [0, 0.05) is 45.4 Å². The molecule has 2 aliphatic rings. The highest BCUT2D eigenvalue weighted by Crippen LogP contribution is 2.34. The first-order chi connectivity index (χ1) is 19.8. The highest BCUT2D eigenvalue weighted by Gasteiger charge is 2.36. The number of thiophene rings is 1. The summed E-state index contributed by atoms with van der Waals surface area (Å²) < 4.78 is 2.35. The first-order valence-corrected chi connectivity index (χ1v) is 14.4. The molecular weight excluding hydrogens is 544 g/mol. The maximum Gasteiger partial charge on any atom is 0.278 e. The zero-order valence-corrected chi connectivity index (χ0v) is 23.2. The predicted molar refractivity (Wildman–Crippen MR) is 154 cm³/mol. The van der Waals surface area contributed by atoms with Crippen LogP contribution in [-0.2, 0) is 11.3 Å². The van der Waals surface area contributed by atoms with Gasteiger partial charge in [0.05, 0.1) is 24.4 Å². The van der Waals surface area contributed by atoms with E-state index < -0.39 is 23.6 Å². The van der Waals surface area contributed by atoms with Gasteiger partial charge in [-0.3, -0.25) is 19.0 Å². The van der Waals surface area contributed by atoms with Crippen molar-refractivity contribution in [3.8, 4) is 0 Å². The highest BCUT2D eigenvalue weighted by atomic mass is 32.1. The van der Waals surface area contributed by atoms with Crippen molar-refractivity contribution >= 4 is 44.7 Å². The van der Waals surface area contributed by atoms with Crippen LogP contribution in [0, 0.1) is 0 Å². The second kappa shape index (κ2) is 11.0.